The molecule has 0 N–H and O–H groups in total. The maximum absolute atomic E-state index is 9.00. The van der Waals surface area contributed by atoms with Gasteiger partial charge in [-0.15, -0.1) is 0 Å². The number of nitriles is 1. The van der Waals surface area contributed by atoms with Gasteiger partial charge in [0.2, 0.25) is 0 Å². The van der Waals surface area contributed by atoms with Gasteiger partial charge in [-0.3, -0.25) is 0 Å². The summed E-state index contributed by atoms with van der Waals surface area (Å²) in [6, 6.07) is 15.3. The van der Waals surface area contributed by atoms with Crippen LogP contribution >= 0.6 is 22.6 Å². The number of hydrogen-bond donors (Lipinski definition) is 0. The van der Waals surface area contributed by atoms with Crippen LogP contribution in [0.4, 0.5) is 0 Å². The zero-order valence-corrected chi connectivity index (χ0v) is 14.3. The predicted octanol–water partition coefficient (Wildman–Crippen LogP) is 4.11. The molecule has 0 heterocycles. The standard InChI is InChI=1S/C17H15IN2O2/c1-2-21-17-8-7-13(9-16(17)18)11-20-22-12-15-6-4-3-5-14(15)10-19/h3-9,11H,2,12H2,1H3/b20-11-. The quantitative estimate of drug-likeness (QED) is 0.412. The summed E-state index contributed by atoms with van der Waals surface area (Å²) in [5.74, 6) is 0.865. The third-order valence-electron chi connectivity index (χ3n) is 2.89. The van der Waals surface area contributed by atoms with Gasteiger partial charge >= 0.3 is 0 Å². The second-order valence-electron chi connectivity index (χ2n) is 4.40. The van der Waals surface area contributed by atoms with E-state index in [1.165, 1.54) is 0 Å². The fraction of sp³-hybridized carbons (Fsp3) is 0.176. The minimum atomic E-state index is 0.272. The molecule has 0 saturated carbocycles. The van der Waals surface area contributed by atoms with Crippen LogP contribution in [0.25, 0.3) is 0 Å². The molecule has 2 rings (SSSR count). The molecule has 5 heteroatoms. The van der Waals surface area contributed by atoms with Crippen LogP contribution in [0.2, 0.25) is 0 Å². The Labute approximate surface area is 143 Å². The molecule has 0 aromatic heterocycles. The highest BCUT2D eigenvalue weighted by molar-refractivity contribution is 14.1. The topological polar surface area (TPSA) is 54.6 Å². The number of ether oxygens (including phenoxy) is 1. The number of hydrogen-bond acceptors (Lipinski definition) is 4. The minimum absolute atomic E-state index is 0.272. The van der Waals surface area contributed by atoms with E-state index >= 15 is 0 Å². The Balaban J connectivity index is 1.96. The maximum Gasteiger partial charge on any atom is 0.143 e. The van der Waals surface area contributed by atoms with Crippen molar-refractivity contribution >= 4 is 28.8 Å². The third kappa shape index (κ3) is 4.46. The number of benzene rings is 2. The number of oxime groups is 1. The SMILES string of the molecule is CCOc1ccc(/C=N\OCc2ccccc2C#N)cc1I. The van der Waals surface area contributed by atoms with Crippen molar-refractivity contribution in [3.05, 3.63) is 62.7 Å². The molecular formula is C17H15IN2O2. The summed E-state index contributed by atoms with van der Waals surface area (Å²) in [5, 5.41) is 12.9. The van der Waals surface area contributed by atoms with Crippen molar-refractivity contribution in [2.45, 2.75) is 13.5 Å². The molecule has 0 aliphatic heterocycles. The zero-order chi connectivity index (χ0) is 15.8. The molecule has 0 aliphatic carbocycles. The van der Waals surface area contributed by atoms with Gasteiger partial charge in [-0.2, -0.15) is 5.26 Å². The summed E-state index contributed by atoms with van der Waals surface area (Å²) >= 11 is 2.23. The van der Waals surface area contributed by atoms with Gasteiger partial charge in [-0.1, -0.05) is 23.4 Å². The normalized spacial score (nSPS) is 10.4. The van der Waals surface area contributed by atoms with Gasteiger partial charge in [-0.25, -0.2) is 0 Å². The van der Waals surface area contributed by atoms with E-state index in [9.17, 15) is 0 Å². The maximum atomic E-state index is 9.00. The molecule has 0 spiro atoms. The van der Waals surface area contributed by atoms with Gasteiger partial charge in [0.05, 0.1) is 28.0 Å². The van der Waals surface area contributed by atoms with Crippen LogP contribution in [0, 0.1) is 14.9 Å². The average Bonchev–Trinajstić information content (AvgIpc) is 2.54. The highest BCUT2D eigenvalue weighted by atomic mass is 127. The molecule has 0 saturated heterocycles. The van der Waals surface area contributed by atoms with E-state index in [1.807, 2.05) is 43.3 Å². The van der Waals surface area contributed by atoms with Crippen LogP contribution in [-0.2, 0) is 11.4 Å². The van der Waals surface area contributed by atoms with Gasteiger partial charge in [0.15, 0.2) is 0 Å². The lowest BCUT2D eigenvalue weighted by molar-refractivity contribution is 0.132. The Morgan fingerprint density at radius 1 is 1.27 bits per heavy atom. The molecule has 0 atom stereocenters. The van der Waals surface area contributed by atoms with Gasteiger partial charge in [0.1, 0.15) is 12.4 Å². The predicted molar refractivity (Wildman–Crippen MR) is 93.9 cm³/mol. The first-order chi connectivity index (χ1) is 10.7. The number of nitrogens with zero attached hydrogens (tertiary/aromatic N) is 2. The Kier molecular flexibility index (Phi) is 6.22. The molecule has 0 aliphatic rings. The van der Waals surface area contributed by atoms with Crippen molar-refractivity contribution < 1.29 is 9.57 Å². The third-order valence-corrected chi connectivity index (χ3v) is 3.73. The Bertz CT molecular complexity index is 708. The molecule has 22 heavy (non-hydrogen) atoms. The lowest BCUT2D eigenvalue weighted by Crippen LogP contribution is -1.95. The fourth-order valence-electron chi connectivity index (χ4n) is 1.83. The summed E-state index contributed by atoms with van der Waals surface area (Å²) < 4.78 is 6.51. The van der Waals surface area contributed by atoms with Crippen LogP contribution in [0.1, 0.15) is 23.6 Å². The molecule has 0 fully saturated rings. The van der Waals surface area contributed by atoms with E-state index in [0.29, 0.717) is 12.2 Å². The van der Waals surface area contributed by atoms with E-state index in [-0.39, 0.29) is 6.61 Å². The van der Waals surface area contributed by atoms with E-state index < -0.39 is 0 Å². The Morgan fingerprint density at radius 2 is 2.09 bits per heavy atom. The van der Waals surface area contributed by atoms with E-state index in [4.69, 9.17) is 14.8 Å². The number of halogens is 1. The van der Waals surface area contributed by atoms with Crippen LogP contribution in [0.5, 0.6) is 5.75 Å². The van der Waals surface area contributed by atoms with E-state index in [1.54, 1.807) is 12.3 Å². The van der Waals surface area contributed by atoms with Crippen molar-refractivity contribution in [3.63, 3.8) is 0 Å². The molecule has 2 aromatic rings. The molecular weight excluding hydrogens is 391 g/mol. The summed E-state index contributed by atoms with van der Waals surface area (Å²) in [5.41, 5.74) is 2.36. The highest BCUT2D eigenvalue weighted by Crippen LogP contribution is 2.21. The molecule has 0 unspecified atom stereocenters. The fourth-order valence-corrected chi connectivity index (χ4v) is 2.53. The molecule has 112 valence electrons. The highest BCUT2D eigenvalue weighted by Gasteiger charge is 2.02. The first-order valence-corrected chi connectivity index (χ1v) is 7.88. The van der Waals surface area contributed by atoms with Crippen molar-refractivity contribution in [3.8, 4) is 11.8 Å². The molecule has 0 radical (unpaired) electrons. The van der Waals surface area contributed by atoms with Gasteiger partial charge < -0.3 is 9.57 Å². The van der Waals surface area contributed by atoms with Crippen LogP contribution < -0.4 is 4.74 Å². The van der Waals surface area contributed by atoms with Crippen LogP contribution in [0.3, 0.4) is 0 Å². The minimum Gasteiger partial charge on any atom is -0.493 e. The molecule has 4 nitrogen and oxygen atoms in total. The average molecular weight is 406 g/mol. The largest absolute Gasteiger partial charge is 0.493 e. The lowest BCUT2D eigenvalue weighted by atomic mass is 10.1. The first-order valence-electron chi connectivity index (χ1n) is 6.80. The van der Waals surface area contributed by atoms with Gasteiger partial charge in [0, 0.05) is 5.56 Å². The smallest absolute Gasteiger partial charge is 0.143 e. The Morgan fingerprint density at radius 3 is 2.82 bits per heavy atom. The van der Waals surface area contributed by atoms with E-state index in [0.717, 1.165) is 20.4 Å². The second kappa shape index (κ2) is 8.39. The van der Waals surface area contributed by atoms with Crippen molar-refractivity contribution in [1.82, 2.24) is 0 Å². The summed E-state index contributed by atoms with van der Waals surface area (Å²) in [7, 11) is 0. The Hall–Kier alpha value is -2.07. The van der Waals surface area contributed by atoms with Crippen LogP contribution in [-0.4, -0.2) is 12.8 Å². The van der Waals surface area contributed by atoms with Gasteiger partial charge in [-0.05, 0) is 59.3 Å². The first kappa shape index (κ1) is 16.3. The molecule has 2 aromatic carbocycles. The number of rotatable bonds is 6. The lowest BCUT2D eigenvalue weighted by Gasteiger charge is -2.06. The van der Waals surface area contributed by atoms with Crippen molar-refractivity contribution in [2.24, 2.45) is 5.16 Å². The molecule has 0 bridgehead atoms. The monoisotopic (exact) mass is 406 g/mol. The zero-order valence-electron chi connectivity index (χ0n) is 12.1. The molecule has 0 amide bonds. The second-order valence-corrected chi connectivity index (χ2v) is 5.56. The van der Waals surface area contributed by atoms with Gasteiger partial charge in [0.25, 0.3) is 0 Å². The van der Waals surface area contributed by atoms with Crippen LogP contribution in [0.15, 0.2) is 47.6 Å². The van der Waals surface area contributed by atoms with E-state index in [2.05, 4.69) is 33.8 Å². The summed E-state index contributed by atoms with van der Waals surface area (Å²) in [6.07, 6.45) is 1.65. The van der Waals surface area contributed by atoms with Crippen molar-refractivity contribution in [1.29, 1.82) is 5.26 Å². The summed E-state index contributed by atoms with van der Waals surface area (Å²) in [6.45, 7) is 2.87. The van der Waals surface area contributed by atoms with Crippen molar-refractivity contribution in [2.75, 3.05) is 6.61 Å². The summed E-state index contributed by atoms with van der Waals surface area (Å²) in [4.78, 5) is 5.27.